The number of hydrogen-bond acceptors (Lipinski definition) is 4. The first-order chi connectivity index (χ1) is 5.90. The molecule has 1 fully saturated rings. The Balaban J connectivity index is 2.53. The summed E-state index contributed by atoms with van der Waals surface area (Å²) < 4.78 is 9.91. The molecule has 0 bridgehead atoms. The van der Waals surface area contributed by atoms with Crippen molar-refractivity contribution in [3.05, 3.63) is 0 Å². The van der Waals surface area contributed by atoms with Crippen molar-refractivity contribution >= 4 is 11.8 Å². The van der Waals surface area contributed by atoms with Crippen molar-refractivity contribution in [2.45, 2.75) is 26.4 Å². The summed E-state index contributed by atoms with van der Waals surface area (Å²) in [6.45, 7) is 5.50. The first-order valence-electron chi connectivity index (χ1n) is 4.23. The van der Waals surface area contributed by atoms with Crippen molar-refractivity contribution in [2.75, 3.05) is 13.2 Å². The fraction of sp³-hybridized carbons (Fsp3) is 0.778. The lowest BCUT2D eigenvalue weighted by Crippen LogP contribution is -2.32. The zero-order chi connectivity index (χ0) is 10.1. The summed E-state index contributed by atoms with van der Waals surface area (Å²) in [4.78, 5) is 22.4. The number of Topliss-reactive ketones (excluding diaryl/α,β-unsaturated/α-hetero) is 1. The van der Waals surface area contributed by atoms with Gasteiger partial charge in [0.25, 0.3) is 0 Å². The molecule has 0 aliphatic carbocycles. The van der Waals surface area contributed by atoms with Gasteiger partial charge in [-0.3, -0.25) is 9.59 Å². The SMILES string of the molecule is CC(C)(C)OC(=O)[C@H]1COCC1=O. The minimum Gasteiger partial charge on any atom is -0.459 e. The first kappa shape index (κ1) is 10.2. The summed E-state index contributed by atoms with van der Waals surface area (Å²) in [5.74, 6) is -1.37. The summed E-state index contributed by atoms with van der Waals surface area (Å²) in [7, 11) is 0. The molecule has 1 aliphatic rings. The van der Waals surface area contributed by atoms with Crippen molar-refractivity contribution in [2.24, 2.45) is 5.92 Å². The number of hydrogen-bond donors (Lipinski definition) is 0. The van der Waals surface area contributed by atoms with Crippen LogP contribution >= 0.6 is 0 Å². The third kappa shape index (κ3) is 2.81. The monoisotopic (exact) mass is 186 g/mol. The highest BCUT2D eigenvalue weighted by atomic mass is 16.6. The summed E-state index contributed by atoms with van der Waals surface area (Å²) in [5, 5.41) is 0. The molecule has 13 heavy (non-hydrogen) atoms. The van der Waals surface area contributed by atoms with E-state index in [9.17, 15) is 9.59 Å². The average Bonchev–Trinajstić information content (AvgIpc) is 2.30. The molecule has 0 spiro atoms. The van der Waals surface area contributed by atoms with Gasteiger partial charge >= 0.3 is 5.97 Å². The maximum absolute atomic E-state index is 11.3. The van der Waals surface area contributed by atoms with Gasteiger partial charge in [-0.2, -0.15) is 0 Å². The molecule has 1 atom stereocenters. The zero-order valence-corrected chi connectivity index (χ0v) is 8.12. The van der Waals surface area contributed by atoms with Crippen LogP contribution in [-0.4, -0.2) is 30.6 Å². The van der Waals surface area contributed by atoms with Crippen LogP contribution in [0, 0.1) is 5.92 Å². The molecule has 0 aromatic rings. The second-order valence-corrected chi connectivity index (χ2v) is 4.07. The second kappa shape index (κ2) is 3.46. The Kier molecular flexibility index (Phi) is 2.71. The van der Waals surface area contributed by atoms with E-state index in [1.165, 1.54) is 0 Å². The molecule has 0 N–H and O–H groups in total. The minimum absolute atomic E-state index is 0.0317. The van der Waals surface area contributed by atoms with Crippen LogP contribution in [0.1, 0.15) is 20.8 Å². The molecule has 0 aromatic heterocycles. The molecule has 1 aliphatic heterocycles. The van der Waals surface area contributed by atoms with Gasteiger partial charge in [-0.25, -0.2) is 0 Å². The molecule has 0 amide bonds. The maximum atomic E-state index is 11.3. The summed E-state index contributed by atoms with van der Waals surface area (Å²) in [6.07, 6.45) is 0. The summed E-state index contributed by atoms with van der Waals surface area (Å²) in [6, 6.07) is 0. The van der Waals surface area contributed by atoms with Crippen LogP contribution in [0.15, 0.2) is 0 Å². The minimum atomic E-state index is -0.709. The van der Waals surface area contributed by atoms with E-state index in [0.717, 1.165) is 0 Å². The molecular weight excluding hydrogens is 172 g/mol. The van der Waals surface area contributed by atoms with Crippen LogP contribution in [0.5, 0.6) is 0 Å². The lowest BCUT2D eigenvalue weighted by atomic mass is 10.1. The molecule has 0 unspecified atom stereocenters. The molecule has 74 valence electrons. The largest absolute Gasteiger partial charge is 0.459 e. The van der Waals surface area contributed by atoms with Crippen LogP contribution in [0.3, 0.4) is 0 Å². The molecule has 0 radical (unpaired) electrons. The predicted octanol–water partition coefficient (Wildman–Crippen LogP) is 0.544. The van der Waals surface area contributed by atoms with Gasteiger partial charge in [0.2, 0.25) is 0 Å². The number of ketones is 1. The van der Waals surface area contributed by atoms with E-state index in [0.29, 0.717) is 0 Å². The quantitative estimate of drug-likeness (QED) is 0.443. The Morgan fingerprint density at radius 1 is 1.54 bits per heavy atom. The van der Waals surface area contributed by atoms with Crippen LogP contribution < -0.4 is 0 Å². The van der Waals surface area contributed by atoms with Gasteiger partial charge in [0.05, 0.1) is 6.61 Å². The van der Waals surface area contributed by atoms with Gasteiger partial charge < -0.3 is 9.47 Å². The third-order valence-electron chi connectivity index (χ3n) is 1.61. The van der Waals surface area contributed by atoms with Gasteiger partial charge in [-0.05, 0) is 20.8 Å². The lowest BCUT2D eigenvalue weighted by molar-refractivity contribution is -0.161. The topological polar surface area (TPSA) is 52.6 Å². The number of carbonyl (C=O) groups excluding carboxylic acids is 2. The van der Waals surface area contributed by atoms with Gasteiger partial charge in [-0.15, -0.1) is 0 Å². The fourth-order valence-electron chi connectivity index (χ4n) is 1.04. The highest BCUT2D eigenvalue weighted by Crippen LogP contribution is 2.15. The Labute approximate surface area is 77.2 Å². The maximum Gasteiger partial charge on any atom is 0.319 e. The molecule has 0 saturated carbocycles. The van der Waals surface area contributed by atoms with Crippen molar-refractivity contribution in [3.63, 3.8) is 0 Å². The molecule has 1 saturated heterocycles. The molecule has 1 heterocycles. The number of rotatable bonds is 1. The number of carbonyl (C=O) groups is 2. The first-order valence-corrected chi connectivity index (χ1v) is 4.23. The smallest absolute Gasteiger partial charge is 0.319 e. The zero-order valence-electron chi connectivity index (χ0n) is 8.12. The Morgan fingerprint density at radius 2 is 2.15 bits per heavy atom. The highest BCUT2D eigenvalue weighted by molar-refractivity contribution is 6.01. The fourth-order valence-corrected chi connectivity index (χ4v) is 1.04. The number of esters is 1. The Hall–Kier alpha value is -0.900. The van der Waals surface area contributed by atoms with Crippen molar-refractivity contribution < 1.29 is 19.1 Å². The van der Waals surface area contributed by atoms with Gasteiger partial charge in [0, 0.05) is 0 Å². The van der Waals surface area contributed by atoms with Crippen molar-refractivity contribution in [1.82, 2.24) is 0 Å². The predicted molar refractivity (Wildman–Crippen MR) is 45.2 cm³/mol. The highest BCUT2D eigenvalue weighted by Gasteiger charge is 2.35. The molecule has 4 nitrogen and oxygen atoms in total. The van der Waals surface area contributed by atoms with Crippen molar-refractivity contribution in [3.8, 4) is 0 Å². The summed E-state index contributed by atoms with van der Waals surface area (Å²) in [5.41, 5.74) is -0.542. The van der Waals surface area contributed by atoms with E-state index in [1.807, 2.05) is 0 Å². The van der Waals surface area contributed by atoms with Crippen LogP contribution in [0.4, 0.5) is 0 Å². The molecular formula is C9H14O4. The average molecular weight is 186 g/mol. The summed E-state index contributed by atoms with van der Waals surface area (Å²) >= 11 is 0. The van der Waals surface area contributed by atoms with Gasteiger partial charge in [-0.1, -0.05) is 0 Å². The van der Waals surface area contributed by atoms with Crippen LogP contribution in [-0.2, 0) is 19.1 Å². The number of ether oxygens (including phenoxy) is 2. The van der Waals surface area contributed by atoms with Crippen LogP contribution in [0.2, 0.25) is 0 Å². The van der Waals surface area contributed by atoms with Crippen molar-refractivity contribution in [1.29, 1.82) is 0 Å². The Bertz CT molecular complexity index is 226. The van der Waals surface area contributed by atoms with E-state index >= 15 is 0 Å². The van der Waals surface area contributed by atoms with E-state index in [4.69, 9.17) is 9.47 Å². The van der Waals surface area contributed by atoms with Crippen LogP contribution in [0.25, 0.3) is 0 Å². The van der Waals surface area contributed by atoms with E-state index in [2.05, 4.69) is 0 Å². The van der Waals surface area contributed by atoms with E-state index in [-0.39, 0.29) is 19.0 Å². The third-order valence-corrected chi connectivity index (χ3v) is 1.61. The normalized spacial score (nSPS) is 23.3. The second-order valence-electron chi connectivity index (χ2n) is 4.07. The van der Waals surface area contributed by atoms with E-state index in [1.54, 1.807) is 20.8 Å². The lowest BCUT2D eigenvalue weighted by Gasteiger charge is -2.20. The molecule has 1 rings (SSSR count). The Morgan fingerprint density at radius 3 is 2.54 bits per heavy atom. The van der Waals surface area contributed by atoms with E-state index < -0.39 is 17.5 Å². The van der Waals surface area contributed by atoms with Gasteiger partial charge in [0.1, 0.15) is 18.1 Å². The molecule has 0 aromatic carbocycles. The van der Waals surface area contributed by atoms with Gasteiger partial charge in [0.15, 0.2) is 5.78 Å². The standard InChI is InChI=1S/C9H14O4/c1-9(2,3)13-8(11)6-4-12-5-7(6)10/h6H,4-5H2,1-3H3/t6-/m0/s1. The molecule has 4 heteroatoms.